The van der Waals surface area contributed by atoms with E-state index in [4.69, 9.17) is 4.74 Å². The third-order valence-corrected chi connectivity index (χ3v) is 3.85. The van der Waals surface area contributed by atoms with E-state index in [0.717, 1.165) is 21.3 Å². The van der Waals surface area contributed by atoms with Gasteiger partial charge in [0.1, 0.15) is 15.8 Å². The molecule has 19 heavy (non-hydrogen) atoms. The molecule has 0 aliphatic rings. The summed E-state index contributed by atoms with van der Waals surface area (Å²) in [7, 11) is 1.92. The van der Waals surface area contributed by atoms with Crippen molar-refractivity contribution in [2.45, 2.75) is 32.9 Å². The van der Waals surface area contributed by atoms with E-state index in [9.17, 15) is 0 Å². The van der Waals surface area contributed by atoms with Crippen LogP contribution in [0.25, 0.3) is 10.6 Å². The fraction of sp³-hybridized carbons (Fsp3) is 0.429. The molecule has 4 nitrogen and oxygen atoms in total. The molecule has 0 amide bonds. The lowest BCUT2D eigenvalue weighted by Crippen LogP contribution is -2.11. The van der Waals surface area contributed by atoms with Gasteiger partial charge in [0.25, 0.3) is 0 Å². The van der Waals surface area contributed by atoms with Crippen LogP contribution >= 0.6 is 11.3 Å². The molecule has 0 saturated heterocycles. The van der Waals surface area contributed by atoms with Crippen molar-refractivity contribution in [2.24, 2.45) is 0 Å². The zero-order chi connectivity index (χ0) is 13.8. The molecule has 2 aromatic rings. The first-order valence-electron chi connectivity index (χ1n) is 6.38. The highest BCUT2D eigenvalue weighted by Crippen LogP contribution is 2.29. The van der Waals surface area contributed by atoms with E-state index in [1.54, 1.807) is 11.3 Å². The summed E-state index contributed by atoms with van der Waals surface area (Å²) in [5, 5.41) is 13.6. The smallest absolute Gasteiger partial charge is 0.147 e. The third-order valence-electron chi connectivity index (χ3n) is 2.70. The van der Waals surface area contributed by atoms with Gasteiger partial charge in [0.05, 0.1) is 12.1 Å². The number of hydrogen-bond acceptors (Lipinski definition) is 5. The molecule has 1 heterocycles. The monoisotopic (exact) mass is 277 g/mol. The number of nitrogens with zero attached hydrogens (tertiary/aromatic N) is 2. The summed E-state index contributed by atoms with van der Waals surface area (Å²) >= 11 is 1.61. The van der Waals surface area contributed by atoms with E-state index in [1.165, 1.54) is 0 Å². The van der Waals surface area contributed by atoms with Crippen LogP contribution in [0.5, 0.6) is 5.75 Å². The number of hydrogen-bond donors (Lipinski definition) is 1. The van der Waals surface area contributed by atoms with Crippen LogP contribution in [0.4, 0.5) is 0 Å². The van der Waals surface area contributed by atoms with Gasteiger partial charge >= 0.3 is 0 Å². The molecule has 0 aliphatic heterocycles. The van der Waals surface area contributed by atoms with Crippen molar-refractivity contribution in [3.63, 3.8) is 0 Å². The van der Waals surface area contributed by atoms with Gasteiger partial charge in [-0.25, -0.2) is 0 Å². The van der Waals surface area contributed by atoms with Crippen LogP contribution in [-0.4, -0.2) is 23.3 Å². The second-order valence-corrected chi connectivity index (χ2v) is 5.66. The summed E-state index contributed by atoms with van der Waals surface area (Å²) in [6, 6.07) is 8.20. The first-order valence-corrected chi connectivity index (χ1v) is 7.19. The quantitative estimate of drug-likeness (QED) is 0.911. The lowest BCUT2D eigenvalue weighted by atomic mass is 10.2. The van der Waals surface area contributed by atoms with Gasteiger partial charge in [-0.2, -0.15) is 0 Å². The number of aromatic nitrogens is 2. The Balaban J connectivity index is 2.24. The molecule has 1 aromatic carbocycles. The summed E-state index contributed by atoms with van der Waals surface area (Å²) in [5.41, 5.74) is 1.05. The lowest BCUT2D eigenvalue weighted by Gasteiger charge is -2.09. The van der Waals surface area contributed by atoms with Crippen molar-refractivity contribution in [3.05, 3.63) is 29.3 Å². The van der Waals surface area contributed by atoms with Crippen LogP contribution in [0, 0.1) is 0 Å². The van der Waals surface area contributed by atoms with E-state index >= 15 is 0 Å². The Kier molecular flexibility index (Phi) is 4.50. The number of rotatable bonds is 5. The molecular formula is C14H19N3OS. The largest absolute Gasteiger partial charge is 0.491 e. The third kappa shape index (κ3) is 3.52. The number of ether oxygens (including phenoxy) is 1. The van der Waals surface area contributed by atoms with Gasteiger partial charge in [0, 0.05) is 5.56 Å². The Labute approximate surface area is 117 Å². The van der Waals surface area contributed by atoms with Gasteiger partial charge in [-0.15, -0.1) is 10.2 Å². The van der Waals surface area contributed by atoms with Gasteiger partial charge in [0.15, 0.2) is 0 Å². The molecule has 2 rings (SSSR count). The van der Waals surface area contributed by atoms with Crippen LogP contribution in [0.1, 0.15) is 31.8 Å². The second-order valence-electron chi connectivity index (χ2n) is 4.65. The predicted octanol–water partition coefficient (Wildman–Crippen LogP) is 3.27. The zero-order valence-corrected chi connectivity index (χ0v) is 12.5. The van der Waals surface area contributed by atoms with Gasteiger partial charge in [-0.05, 0) is 40.0 Å². The molecule has 0 aliphatic carbocycles. The second kappa shape index (κ2) is 6.12. The fourth-order valence-electron chi connectivity index (χ4n) is 1.62. The van der Waals surface area contributed by atoms with Crippen molar-refractivity contribution in [1.82, 2.24) is 15.5 Å². The Hall–Kier alpha value is -1.46. The standard InChI is InChI=1S/C14H19N3OS/c1-9(2)18-12-7-5-6-11(8-12)14-17-16-13(19-14)10(3)15-4/h5-10,15H,1-4H3. The van der Waals surface area contributed by atoms with E-state index in [2.05, 4.69) is 22.4 Å². The maximum atomic E-state index is 5.70. The average molecular weight is 277 g/mol. The van der Waals surface area contributed by atoms with Crippen molar-refractivity contribution in [1.29, 1.82) is 0 Å². The predicted molar refractivity (Wildman–Crippen MR) is 78.6 cm³/mol. The SMILES string of the molecule is CNC(C)c1nnc(-c2cccc(OC(C)C)c2)s1. The highest BCUT2D eigenvalue weighted by atomic mass is 32.1. The van der Waals surface area contributed by atoms with Crippen molar-refractivity contribution in [2.75, 3.05) is 7.05 Å². The summed E-state index contributed by atoms with van der Waals surface area (Å²) in [6.07, 6.45) is 0.171. The van der Waals surface area contributed by atoms with E-state index < -0.39 is 0 Å². The summed E-state index contributed by atoms with van der Waals surface area (Å²) in [5.74, 6) is 0.867. The summed E-state index contributed by atoms with van der Waals surface area (Å²) in [4.78, 5) is 0. The van der Waals surface area contributed by atoms with Crippen LogP contribution < -0.4 is 10.1 Å². The van der Waals surface area contributed by atoms with Gasteiger partial charge in [-0.1, -0.05) is 23.5 Å². The minimum Gasteiger partial charge on any atom is -0.491 e. The highest BCUT2D eigenvalue weighted by Gasteiger charge is 2.12. The molecule has 0 spiro atoms. The minimum absolute atomic E-state index is 0.171. The van der Waals surface area contributed by atoms with E-state index in [0.29, 0.717) is 0 Å². The van der Waals surface area contributed by atoms with Crippen LogP contribution in [0.15, 0.2) is 24.3 Å². The maximum absolute atomic E-state index is 5.70. The number of benzene rings is 1. The Bertz CT molecular complexity index is 539. The first-order chi connectivity index (χ1) is 9.10. The zero-order valence-electron chi connectivity index (χ0n) is 11.7. The summed E-state index contributed by atoms with van der Waals surface area (Å²) < 4.78 is 5.70. The average Bonchev–Trinajstić information content (AvgIpc) is 2.87. The van der Waals surface area contributed by atoms with E-state index in [1.807, 2.05) is 45.2 Å². The molecular weight excluding hydrogens is 258 g/mol. The molecule has 0 bridgehead atoms. The minimum atomic E-state index is 0.171. The normalized spacial score (nSPS) is 12.7. The molecule has 0 radical (unpaired) electrons. The van der Waals surface area contributed by atoms with Gasteiger partial charge < -0.3 is 10.1 Å². The molecule has 1 atom stereocenters. The highest BCUT2D eigenvalue weighted by molar-refractivity contribution is 7.14. The van der Waals surface area contributed by atoms with Crippen molar-refractivity contribution < 1.29 is 4.74 Å². The lowest BCUT2D eigenvalue weighted by molar-refractivity contribution is 0.242. The Morgan fingerprint density at radius 2 is 2.00 bits per heavy atom. The molecule has 1 unspecified atom stereocenters. The van der Waals surface area contributed by atoms with Gasteiger partial charge in [0.2, 0.25) is 0 Å². The molecule has 102 valence electrons. The Morgan fingerprint density at radius 1 is 1.21 bits per heavy atom. The van der Waals surface area contributed by atoms with Crippen molar-refractivity contribution in [3.8, 4) is 16.3 Å². The molecule has 1 aromatic heterocycles. The topological polar surface area (TPSA) is 47.0 Å². The fourth-order valence-corrected chi connectivity index (χ4v) is 2.53. The molecule has 1 N–H and O–H groups in total. The first kappa shape index (κ1) is 14.0. The van der Waals surface area contributed by atoms with Crippen molar-refractivity contribution >= 4 is 11.3 Å². The molecule has 0 saturated carbocycles. The summed E-state index contributed by atoms with van der Waals surface area (Å²) in [6.45, 7) is 6.11. The Morgan fingerprint density at radius 3 is 2.68 bits per heavy atom. The van der Waals surface area contributed by atoms with E-state index in [-0.39, 0.29) is 12.1 Å². The van der Waals surface area contributed by atoms with Crippen LogP contribution in [0.2, 0.25) is 0 Å². The molecule has 0 fully saturated rings. The number of nitrogens with one attached hydrogen (secondary N) is 1. The van der Waals surface area contributed by atoms with Crippen LogP contribution in [-0.2, 0) is 0 Å². The maximum Gasteiger partial charge on any atom is 0.147 e. The van der Waals surface area contributed by atoms with Crippen LogP contribution in [0.3, 0.4) is 0 Å². The molecule has 5 heteroatoms. The van der Waals surface area contributed by atoms with Gasteiger partial charge in [-0.3, -0.25) is 0 Å².